The van der Waals surface area contributed by atoms with Gasteiger partial charge in [0.1, 0.15) is 46.8 Å². The molecule has 0 saturated carbocycles. The van der Waals surface area contributed by atoms with Gasteiger partial charge in [-0.1, -0.05) is 12.6 Å². The molecule has 0 heterocycles. The van der Waals surface area contributed by atoms with Crippen LogP contribution in [0.25, 0.3) is 0 Å². The van der Waals surface area contributed by atoms with Crippen LogP contribution in [0.3, 0.4) is 0 Å². The third-order valence-electron chi connectivity index (χ3n) is 4.57. The fraction of sp³-hybridized carbons (Fsp3) is 0.130. The number of nitriles is 2. The molecule has 8 heteroatoms. The number of anilines is 3. The SMILES string of the molecule is C=C/C(F)=C(\C(F)=C/C)N(C)c1cc(C#N)c(N(C)c2c(F)cccc2F)cc1C#N. The van der Waals surface area contributed by atoms with Crippen LogP contribution in [0.1, 0.15) is 18.1 Å². The summed E-state index contributed by atoms with van der Waals surface area (Å²) in [6, 6.07) is 9.56. The Balaban J connectivity index is 2.75. The zero-order valence-electron chi connectivity index (χ0n) is 17.0. The summed E-state index contributed by atoms with van der Waals surface area (Å²) in [7, 11) is 2.66. The van der Waals surface area contributed by atoms with Crippen molar-refractivity contribution < 1.29 is 17.6 Å². The molecule has 0 bridgehead atoms. The van der Waals surface area contributed by atoms with E-state index < -0.39 is 34.7 Å². The van der Waals surface area contributed by atoms with E-state index in [1.165, 1.54) is 39.2 Å². The lowest BCUT2D eigenvalue weighted by molar-refractivity contribution is 0.584. The first-order valence-electron chi connectivity index (χ1n) is 8.95. The van der Waals surface area contributed by atoms with E-state index >= 15 is 0 Å². The van der Waals surface area contributed by atoms with Gasteiger partial charge in [0, 0.05) is 14.1 Å². The summed E-state index contributed by atoms with van der Waals surface area (Å²) >= 11 is 0. The third kappa shape index (κ3) is 4.44. The van der Waals surface area contributed by atoms with Crippen LogP contribution in [-0.2, 0) is 0 Å². The van der Waals surface area contributed by atoms with Crippen molar-refractivity contribution in [3.8, 4) is 12.1 Å². The maximum absolute atomic E-state index is 14.3. The van der Waals surface area contributed by atoms with E-state index in [1.807, 2.05) is 12.1 Å². The fourth-order valence-corrected chi connectivity index (χ4v) is 3.03. The van der Waals surface area contributed by atoms with E-state index in [-0.39, 0.29) is 22.5 Å². The van der Waals surface area contributed by atoms with Crippen LogP contribution in [0.4, 0.5) is 34.6 Å². The van der Waals surface area contributed by atoms with E-state index in [0.717, 1.165) is 34.1 Å². The van der Waals surface area contributed by atoms with Crippen molar-refractivity contribution in [3.63, 3.8) is 0 Å². The molecule has 0 spiro atoms. The summed E-state index contributed by atoms with van der Waals surface area (Å²) in [4.78, 5) is 2.17. The smallest absolute Gasteiger partial charge is 0.149 e. The number of allylic oxidation sites excluding steroid dienone is 4. The lowest BCUT2D eigenvalue weighted by Gasteiger charge is -2.26. The van der Waals surface area contributed by atoms with Crippen molar-refractivity contribution in [1.29, 1.82) is 10.5 Å². The van der Waals surface area contributed by atoms with E-state index in [1.54, 1.807) is 0 Å². The molecule has 0 aliphatic carbocycles. The molecule has 4 nitrogen and oxygen atoms in total. The molecule has 0 radical (unpaired) electrons. The van der Waals surface area contributed by atoms with E-state index in [9.17, 15) is 28.1 Å². The van der Waals surface area contributed by atoms with Crippen LogP contribution in [0, 0.1) is 34.3 Å². The Morgan fingerprint density at radius 1 is 1.00 bits per heavy atom. The quantitative estimate of drug-likeness (QED) is 0.411. The highest BCUT2D eigenvalue weighted by Gasteiger charge is 2.23. The third-order valence-corrected chi connectivity index (χ3v) is 4.57. The van der Waals surface area contributed by atoms with Crippen LogP contribution in [-0.4, -0.2) is 14.1 Å². The molecule has 0 unspecified atom stereocenters. The van der Waals surface area contributed by atoms with Crippen molar-refractivity contribution in [2.24, 2.45) is 0 Å². The van der Waals surface area contributed by atoms with Crippen LogP contribution in [0.5, 0.6) is 0 Å². The Morgan fingerprint density at radius 2 is 1.52 bits per heavy atom. The Bertz CT molecular complexity index is 1150. The highest BCUT2D eigenvalue weighted by molar-refractivity contribution is 5.78. The Kier molecular flexibility index (Phi) is 7.23. The van der Waals surface area contributed by atoms with Crippen LogP contribution in [0.2, 0.25) is 0 Å². The number of hydrogen-bond acceptors (Lipinski definition) is 4. The van der Waals surface area contributed by atoms with Crippen LogP contribution < -0.4 is 9.80 Å². The Morgan fingerprint density at radius 3 is 2.00 bits per heavy atom. The second-order valence-electron chi connectivity index (χ2n) is 6.34. The first-order valence-corrected chi connectivity index (χ1v) is 8.95. The number of para-hydroxylation sites is 1. The molecule has 31 heavy (non-hydrogen) atoms. The molecule has 0 aromatic heterocycles. The van der Waals surface area contributed by atoms with Gasteiger partial charge >= 0.3 is 0 Å². The highest BCUT2D eigenvalue weighted by Crippen LogP contribution is 2.37. The Labute approximate surface area is 177 Å². The van der Waals surface area contributed by atoms with Gasteiger partial charge < -0.3 is 9.80 Å². The predicted molar refractivity (Wildman–Crippen MR) is 112 cm³/mol. The molecule has 0 N–H and O–H groups in total. The second-order valence-corrected chi connectivity index (χ2v) is 6.34. The largest absolute Gasteiger partial charge is 0.339 e. The molecule has 0 fully saturated rings. The average Bonchev–Trinajstić information content (AvgIpc) is 2.77. The van der Waals surface area contributed by atoms with Crippen molar-refractivity contribution in [2.45, 2.75) is 6.92 Å². The second kappa shape index (κ2) is 9.64. The summed E-state index contributed by atoms with van der Waals surface area (Å²) in [6.45, 7) is 4.66. The van der Waals surface area contributed by atoms with Crippen molar-refractivity contribution in [2.75, 3.05) is 23.9 Å². The Hall–Kier alpha value is -4.04. The predicted octanol–water partition coefficient (Wildman–Crippen LogP) is 6.15. The molecule has 0 amide bonds. The first-order chi connectivity index (χ1) is 14.7. The monoisotopic (exact) mass is 426 g/mol. The van der Waals surface area contributed by atoms with Gasteiger partial charge in [-0.3, -0.25) is 0 Å². The van der Waals surface area contributed by atoms with Gasteiger partial charge in [-0.25, -0.2) is 17.6 Å². The van der Waals surface area contributed by atoms with Crippen molar-refractivity contribution in [3.05, 3.63) is 89.2 Å². The molecule has 158 valence electrons. The van der Waals surface area contributed by atoms with Gasteiger partial charge in [-0.2, -0.15) is 10.5 Å². The van der Waals surface area contributed by atoms with Gasteiger partial charge in [0.2, 0.25) is 0 Å². The zero-order valence-corrected chi connectivity index (χ0v) is 17.0. The normalized spacial score (nSPS) is 11.8. The molecule has 0 atom stereocenters. The topological polar surface area (TPSA) is 54.1 Å². The maximum Gasteiger partial charge on any atom is 0.149 e. The van der Waals surface area contributed by atoms with Gasteiger partial charge in [-0.05, 0) is 43.3 Å². The summed E-state index contributed by atoms with van der Waals surface area (Å²) in [6.07, 6.45) is 1.85. The molecule has 0 saturated heterocycles. The lowest BCUT2D eigenvalue weighted by Crippen LogP contribution is -2.21. The average molecular weight is 426 g/mol. The van der Waals surface area contributed by atoms with Gasteiger partial charge in [0.15, 0.2) is 0 Å². The summed E-state index contributed by atoms with van der Waals surface area (Å²) < 4.78 is 57.1. The van der Waals surface area contributed by atoms with Crippen molar-refractivity contribution in [1.82, 2.24) is 0 Å². The molecular weight excluding hydrogens is 408 g/mol. The first kappa shape index (κ1) is 23.2. The van der Waals surface area contributed by atoms with Crippen LogP contribution in [0.15, 0.2) is 66.4 Å². The van der Waals surface area contributed by atoms with Gasteiger partial charge in [-0.15, -0.1) is 0 Å². The molecule has 2 rings (SSSR count). The van der Waals surface area contributed by atoms with Gasteiger partial charge in [0.05, 0.1) is 22.5 Å². The van der Waals surface area contributed by atoms with E-state index in [0.29, 0.717) is 0 Å². The molecule has 0 aliphatic heterocycles. The van der Waals surface area contributed by atoms with E-state index in [2.05, 4.69) is 6.58 Å². The van der Waals surface area contributed by atoms with Crippen molar-refractivity contribution >= 4 is 17.1 Å². The fourth-order valence-electron chi connectivity index (χ4n) is 3.03. The summed E-state index contributed by atoms with van der Waals surface area (Å²) in [5.41, 5.74) is -0.972. The molecule has 2 aromatic rings. The standard InChI is InChI=1S/C23H18F4N4/c1-5-16(24)22(17(25)6-2)30(3)20-10-15(13-29)21(11-14(20)12-28)31(4)23-18(26)8-7-9-19(23)27/h5-11H,1H2,2-4H3/b17-6+,22-16-. The van der Waals surface area contributed by atoms with E-state index in [4.69, 9.17) is 0 Å². The molecule has 0 aliphatic rings. The lowest BCUT2D eigenvalue weighted by atomic mass is 10.0. The minimum atomic E-state index is -0.977. The number of benzene rings is 2. The highest BCUT2D eigenvalue weighted by atomic mass is 19.1. The number of likely N-dealkylation sites (N-methyl/N-ethyl adjacent to an activating group) is 1. The number of halogens is 4. The number of rotatable bonds is 6. The molecule has 2 aromatic carbocycles. The van der Waals surface area contributed by atoms with Gasteiger partial charge in [0.25, 0.3) is 0 Å². The minimum absolute atomic E-state index is 0.0224. The number of nitrogens with zero attached hydrogens (tertiary/aromatic N) is 4. The zero-order chi connectivity index (χ0) is 23.3. The summed E-state index contributed by atoms with van der Waals surface area (Å²) in [5, 5.41) is 19.2. The minimum Gasteiger partial charge on any atom is -0.339 e. The molecular formula is C23H18F4N4. The summed E-state index contributed by atoms with van der Waals surface area (Å²) in [5.74, 6) is -3.61. The number of hydrogen-bond donors (Lipinski definition) is 0. The maximum atomic E-state index is 14.3. The van der Waals surface area contributed by atoms with Crippen LogP contribution >= 0.6 is 0 Å².